The van der Waals surface area contributed by atoms with E-state index in [1.807, 2.05) is 0 Å². The van der Waals surface area contributed by atoms with Gasteiger partial charge in [-0.2, -0.15) is 0 Å². The number of benzene rings is 2. The first-order valence-corrected chi connectivity index (χ1v) is 9.26. The Balaban J connectivity index is 2.40. The molecule has 2 nitrogen and oxygen atoms in total. The molecule has 0 unspecified atom stereocenters. The van der Waals surface area contributed by atoms with Gasteiger partial charge in [0.25, 0.3) is 0 Å². The summed E-state index contributed by atoms with van der Waals surface area (Å²) in [5, 5.41) is 12.2. The molecule has 0 spiro atoms. The first-order valence-electron chi connectivity index (χ1n) is 9.26. The van der Waals surface area contributed by atoms with E-state index in [4.69, 9.17) is 4.42 Å². The van der Waals surface area contributed by atoms with Gasteiger partial charge in [0.2, 0.25) is 0 Å². The molecular formula is C24H30O2. The van der Waals surface area contributed by atoms with E-state index >= 15 is 0 Å². The van der Waals surface area contributed by atoms with Crippen molar-refractivity contribution >= 4 is 11.0 Å². The minimum absolute atomic E-state index is 0.0187. The van der Waals surface area contributed by atoms with Gasteiger partial charge in [-0.1, -0.05) is 53.7 Å². The average molecular weight is 351 g/mol. The molecule has 0 aliphatic rings. The number of phenols is 1. The first kappa shape index (κ1) is 18.6. The van der Waals surface area contributed by atoms with Gasteiger partial charge < -0.3 is 9.52 Å². The molecule has 0 amide bonds. The van der Waals surface area contributed by atoms with Crippen LogP contribution >= 0.6 is 0 Å². The van der Waals surface area contributed by atoms with Crippen molar-refractivity contribution in [1.29, 1.82) is 0 Å². The zero-order chi connectivity index (χ0) is 19.4. The monoisotopic (exact) mass is 350 g/mol. The van der Waals surface area contributed by atoms with Crippen LogP contribution in [0.1, 0.15) is 63.8 Å². The third kappa shape index (κ3) is 3.13. The molecule has 1 heterocycles. The first-order chi connectivity index (χ1) is 11.9. The van der Waals surface area contributed by atoms with Gasteiger partial charge in [0.15, 0.2) is 0 Å². The summed E-state index contributed by atoms with van der Waals surface area (Å²) in [5.41, 5.74) is 7.08. The number of aromatic hydroxyl groups is 1. The van der Waals surface area contributed by atoms with E-state index in [0.717, 1.165) is 33.2 Å². The number of fused-ring (bicyclic) bond motifs is 1. The Labute approximate surface area is 156 Å². The largest absolute Gasteiger partial charge is 0.507 e. The molecule has 0 aliphatic heterocycles. The molecule has 2 heteroatoms. The van der Waals surface area contributed by atoms with Crippen LogP contribution in [0.5, 0.6) is 5.75 Å². The molecule has 3 aromatic rings. The Morgan fingerprint density at radius 1 is 0.731 bits per heavy atom. The summed E-state index contributed by atoms with van der Waals surface area (Å²) in [6, 6.07) is 8.45. The lowest BCUT2D eigenvalue weighted by Gasteiger charge is -2.24. The van der Waals surface area contributed by atoms with Gasteiger partial charge >= 0.3 is 0 Å². The van der Waals surface area contributed by atoms with Crippen molar-refractivity contribution in [2.45, 2.75) is 66.2 Å². The number of hydrogen-bond donors (Lipinski definition) is 1. The summed E-state index contributed by atoms with van der Waals surface area (Å²) in [6.07, 6.45) is 1.79. The molecule has 0 radical (unpaired) electrons. The minimum atomic E-state index is -0.131. The topological polar surface area (TPSA) is 33.4 Å². The maximum atomic E-state index is 11.1. The maximum absolute atomic E-state index is 11.1. The van der Waals surface area contributed by atoms with Gasteiger partial charge in [-0.15, -0.1) is 0 Å². The van der Waals surface area contributed by atoms with E-state index in [0.29, 0.717) is 5.75 Å². The van der Waals surface area contributed by atoms with Crippen molar-refractivity contribution in [3.63, 3.8) is 0 Å². The fraction of sp³-hybridized carbons (Fsp3) is 0.417. The van der Waals surface area contributed by atoms with Gasteiger partial charge in [0.05, 0.1) is 6.26 Å². The Morgan fingerprint density at radius 2 is 1.27 bits per heavy atom. The van der Waals surface area contributed by atoms with Crippen LogP contribution in [-0.4, -0.2) is 5.11 Å². The van der Waals surface area contributed by atoms with Crippen molar-refractivity contribution in [2.75, 3.05) is 0 Å². The fourth-order valence-electron chi connectivity index (χ4n) is 3.65. The molecule has 3 rings (SSSR count). The van der Waals surface area contributed by atoms with Crippen molar-refractivity contribution < 1.29 is 9.52 Å². The zero-order valence-corrected chi connectivity index (χ0v) is 17.2. The van der Waals surface area contributed by atoms with E-state index in [2.05, 4.69) is 79.7 Å². The highest BCUT2D eigenvalue weighted by Gasteiger charge is 2.26. The van der Waals surface area contributed by atoms with Crippen molar-refractivity contribution in [3.05, 3.63) is 52.8 Å². The standard InChI is InChI=1S/C24H30O2/c1-14-9-16(22(25)19(11-14)24(6,7)8)17-13-26-20-12-15(2)10-18(21(17)20)23(3,4)5/h9-13,25H,1-8H3. The van der Waals surface area contributed by atoms with Gasteiger partial charge in [0, 0.05) is 22.1 Å². The molecule has 0 saturated carbocycles. The smallest absolute Gasteiger partial charge is 0.135 e. The molecule has 0 aliphatic carbocycles. The summed E-state index contributed by atoms with van der Waals surface area (Å²) >= 11 is 0. The van der Waals surface area contributed by atoms with Crippen LogP contribution in [0, 0.1) is 13.8 Å². The van der Waals surface area contributed by atoms with Crippen molar-refractivity contribution in [1.82, 2.24) is 0 Å². The van der Waals surface area contributed by atoms with Crippen LogP contribution in [0.4, 0.5) is 0 Å². The summed E-state index contributed by atoms with van der Waals surface area (Å²) in [5.74, 6) is 0.353. The average Bonchev–Trinajstić information content (AvgIpc) is 2.89. The Bertz CT molecular complexity index is 976. The van der Waals surface area contributed by atoms with E-state index in [1.165, 1.54) is 11.1 Å². The maximum Gasteiger partial charge on any atom is 0.135 e. The molecular weight excluding hydrogens is 320 g/mol. The number of rotatable bonds is 1. The molecule has 26 heavy (non-hydrogen) atoms. The highest BCUT2D eigenvalue weighted by molar-refractivity contribution is 5.99. The molecule has 0 saturated heterocycles. The summed E-state index contributed by atoms with van der Waals surface area (Å²) in [7, 11) is 0. The highest BCUT2D eigenvalue weighted by atomic mass is 16.3. The second-order valence-corrected chi connectivity index (χ2v) is 9.54. The quantitative estimate of drug-likeness (QED) is 0.511. The van der Waals surface area contributed by atoms with Crippen LogP contribution in [0.3, 0.4) is 0 Å². The number of furan rings is 1. The summed E-state index contributed by atoms with van der Waals surface area (Å²) in [6.45, 7) is 17.2. The molecule has 1 aromatic heterocycles. The van der Waals surface area contributed by atoms with Gasteiger partial charge in [-0.05, 0) is 53.5 Å². The predicted molar refractivity (Wildman–Crippen MR) is 110 cm³/mol. The lowest BCUT2D eigenvalue weighted by atomic mass is 9.80. The van der Waals surface area contributed by atoms with Gasteiger partial charge in [-0.3, -0.25) is 0 Å². The second kappa shape index (κ2) is 5.90. The van der Waals surface area contributed by atoms with Gasteiger partial charge in [-0.25, -0.2) is 0 Å². The van der Waals surface area contributed by atoms with Crippen LogP contribution in [0.2, 0.25) is 0 Å². The van der Waals surface area contributed by atoms with Crippen LogP contribution < -0.4 is 0 Å². The summed E-state index contributed by atoms with van der Waals surface area (Å²) in [4.78, 5) is 0. The Morgan fingerprint density at radius 3 is 1.85 bits per heavy atom. The van der Waals surface area contributed by atoms with Crippen molar-refractivity contribution in [2.24, 2.45) is 0 Å². The zero-order valence-electron chi connectivity index (χ0n) is 17.2. The fourth-order valence-corrected chi connectivity index (χ4v) is 3.65. The van der Waals surface area contributed by atoms with Crippen LogP contribution in [-0.2, 0) is 10.8 Å². The third-order valence-electron chi connectivity index (χ3n) is 4.98. The lowest BCUT2D eigenvalue weighted by molar-refractivity contribution is 0.448. The molecule has 0 bridgehead atoms. The number of phenolic OH excluding ortho intramolecular Hbond substituents is 1. The molecule has 0 atom stereocenters. The van der Waals surface area contributed by atoms with Gasteiger partial charge in [0.1, 0.15) is 11.3 Å². The number of hydrogen-bond acceptors (Lipinski definition) is 2. The third-order valence-corrected chi connectivity index (χ3v) is 4.98. The van der Waals surface area contributed by atoms with Crippen LogP contribution in [0.25, 0.3) is 22.1 Å². The summed E-state index contributed by atoms with van der Waals surface area (Å²) < 4.78 is 5.93. The Hall–Kier alpha value is -2.22. The van der Waals surface area contributed by atoms with Crippen LogP contribution in [0.15, 0.2) is 34.9 Å². The predicted octanol–water partition coefficient (Wildman–Crippen LogP) is 7.02. The van der Waals surface area contributed by atoms with E-state index in [9.17, 15) is 5.11 Å². The molecule has 2 aromatic carbocycles. The van der Waals surface area contributed by atoms with E-state index < -0.39 is 0 Å². The Kier molecular flexibility index (Phi) is 4.22. The molecule has 1 N–H and O–H groups in total. The second-order valence-electron chi connectivity index (χ2n) is 9.54. The normalized spacial score (nSPS) is 12.8. The van der Waals surface area contributed by atoms with Crippen molar-refractivity contribution in [3.8, 4) is 16.9 Å². The van der Waals surface area contributed by atoms with E-state index in [1.54, 1.807) is 6.26 Å². The minimum Gasteiger partial charge on any atom is -0.507 e. The van der Waals surface area contributed by atoms with E-state index in [-0.39, 0.29) is 10.8 Å². The SMILES string of the molecule is Cc1cc(-c2coc3cc(C)cc(C(C)(C)C)c23)c(O)c(C(C)(C)C)c1. The lowest BCUT2D eigenvalue weighted by Crippen LogP contribution is -2.13. The highest BCUT2D eigenvalue weighted by Crippen LogP contribution is 2.45. The molecule has 138 valence electrons. The number of aryl methyl sites for hydroxylation is 2. The molecule has 0 fully saturated rings.